The van der Waals surface area contributed by atoms with Crippen LogP contribution in [-0.4, -0.2) is 40.6 Å². The third kappa shape index (κ3) is 5.57. The van der Waals surface area contributed by atoms with Crippen molar-refractivity contribution in [2.24, 2.45) is 5.73 Å². The molecular formula is C22H34N8O2. The molecule has 0 amide bonds. The quantitative estimate of drug-likeness (QED) is 0.341. The lowest BCUT2D eigenvalue weighted by Crippen LogP contribution is -2.50. The largest absolute Gasteiger partial charge is 0.427 e. The Labute approximate surface area is 189 Å². The molecule has 1 aromatic heterocycles. The summed E-state index contributed by atoms with van der Waals surface area (Å²) in [7, 11) is 0. The lowest BCUT2D eigenvalue weighted by Gasteiger charge is -2.27. The number of rotatable bonds is 9. The minimum absolute atomic E-state index is 0.0289. The first-order chi connectivity index (χ1) is 15.2. The fraction of sp³-hybridized carbons (Fsp3) is 0.500. The zero-order valence-electron chi connectivity index (χ0n) is 19.6. The number of fused-ring (bicyclic) bond motifs is 1. The lowest BCUT2D eigenvalue weighted by molar-refractivity contribution is -0.131. The first-order valence-electron chi connectivity index (χ1n) is 10.9. The Morgan fingerprint density at radius 1 is 1.12 bits per heavy atom. The molecule has 1 atom stereocenters. The van der Waals surface area contributed by atoms with Crippen LogP contribution >= 0.6 is 0 Å². The van der Waals surface area contributed by atoms with Gasteiger partial charge in [-0.1, -0.05) is 12.1 Å². The number of nitrogens with one attached hydrogen (secondary N) is 3. The highest BCUT2D eigenvalue weighted by Gasteiger charge is 2.34. The van der Waals surface area contributed by atoms with E-state index in [1.807, 2.05) is 30.1 Å². The molecule has 1 aliphatic rings. The number of ether oxygens (including phenoxy) is 1. The summed E-state index contributed by atoms with van der Waals surface area (Å²) in [6.45, 7) is 12.8. The van der Waals surface area contributed by atoms with Crippen LogP contribution in [0.3, 0.4) is 0 Å². The van der Waals surface area contributed by atoms with Gasteiger partial charge >= 0.3 is 5.97 Å². The summed E-state index contributed by atoms with van der Waals surface area (Å²) in [6.07, 6.45) is 0. The number of carbonyl (C=O) groups excluding carboxylic acids is 1. The van der Waals surface area contributed by atoms with Gasteiger partial charge in [-0.25, -0.2) is 0 Å². The molecule has 10 heteroatoms. The van der Waals surface area contributed by atoms with Gasteiger partial charge < -0.3 is 21.1 Å². The van der Waals surface area contributed by atoms with E-state index in [0.29, 0.717) is 30.6 Å². The Balaban J connectivity index is 1.94. The van der Waals surface area contributed by atoms with Gasteiger partial charge in [0.1, 0.15) is 11.4 Å². The van der Waals surface area contributed by atoms with E-state index in [1.165, 1.54) is 6.92 Å². The lowest BCUT2D eigenvalue weighted by atomic mass is 10.2. The first kappa shape index (κ1) is 23.6. The highest BCUT2D eigenvalue weighted by molar-refractivity contribution is 5.83. The van der Waals surface area contributed by atoms with Crippen LogP contribution in [0.1, 0.15) is 47.1 Å². The third-order valence-electron chi connectivity index (χ3n) is 4.79. The summed E-state index contributed by atoms with van der Waals surface area (Å²) < 4.78 is 5.20. The molecule has 1 aromatic carbocycles. The van der Waals surface area contributed by atoms with Crippen molar-refractivity contribution < 1.29 is 9.53 Å². The van der Waals surface area contributed by atoms with E-state index < -0.39 is 0 Å². The van der Waals surface area contributed by atoms with E-state index in [1.54, 1.807) is 6.07 Å². The Kier molecular flexibility index (Phi) is 7.37. The predicted molar refractivity (Wildman–Crippen MR) is 128 cm³/mol. The van der Waals surface area contributed by atoms with Gasteiger partial charge in [-0.15, -0.1) is 5.53 Å². The number of hydrazine groups is 2. The van der Waals surface area contributed by atoms with Crippen LogP contribution < -0.4 is 36.7 Å². The Bertz CT molecular complexity index is 948. The zero-order valence-corrected chi connectivity index (χ0v) is 19.6. The maximum atomic E-state index is 11.3. The van der Waals surface area contributed by atoms with Crippen molar-refractivity contribution in [3.8, 4) is 5.75 Å². The van der Waals surface area contributed by atoms with Gasteiger partial charge in [0.05, 0.1) is 0 Å². The average Bonchev–Trinajstić information content (AvgIpc) is 3.10. The monoisotopic (exact) mass is 442 g/mol. The van der Waals surface area contributed by atoms with E-state index in [0.717, 1.165) is 17.1 Å². The van der Waals surface area contributed by atoms with E-state index >= 15 is 0 Å². The Morgan fingerprint density at radius 3 is 2.47 bits per heavy atom. The molecular weight excluding hydrogens is 408 g/mol. The molecule has 1 unspecified atom stereocenters. The van der Waals surface area contributed by atoms with Crippen LogP contribution in [-0.2, 0) is 11.3 Å². The molecule has 2 heterocycles. The van der Waals surface area contributed by atoms with E-state index in [4.69, 9.17) is 20.4 Å². The molecule has 0 radical (unpaired) electrons. The number of hydrogen-bond donors (Lipinski definition) is 4. The average molecular weight is 443 g/mol. The Morgan fingerprint density at radius 2 is 1.84 bits per heavy atom. The molecule has 2 aromatic rings. The molecule has 3 rings (SSSR count). The molecule has 0 saturated heterocycles. The fourth-order valence-electron chi connectivity index (χ4n) is 3.31. The van der Waals surface area contributed by atoms with Gasteiger partial charge in [-0.3, -0.25) is 14.8 Å². The second-order valence-corrected chi connectivity index (χ2v) is 8.55. The molecule has 174 valence electrons. The van der Waals surface area contributed by atoms with Crippen molar-refractivity contribution in [1.82, 2.24) is 15.5 Å². The number of aromatic nitrogens is 2. The predicted octanol–water partition coefficient (Wildman–Crippen LogP) is 2.64. The van der Waals surface area contributed by atoms with Crippen LogP contribution in [0.5, 0.6) is 5.75 Å². The van der Waals surface area contributed by atoms with Crippen molar-refractivity contribution in [2.45, 2.75) is 66.2 Å². The van der Waals surface area contributed by atoms with Crippen molar-refractivity contribution in [2.75, 3.05) is 27.2 Å². The standard InChI is InChI=1S/C22H34N8O2/c1-13(2)29-19-20(24-12-17-8-7-9-18(10-17)32-16(6)31)26-22(25-11-15(5)23)27-21(19)30(28-29)14(3)4/h7-10,13-15,28H,11-12,23H2,1-6H3,(H2,24,25,26,27). The van der Waals surface area contributed by atoms with E-state index in [9.17, 15) is 4.79 Å². The Hall–Kier alpha value is -3.11. The maximum absolute atomic E-state index is 11.3. The number of nitrogens with zero attached hydrogens (tertiary/aromatic N) is 4. The van der Waals surface area contributed by atoms with Gasteiger partial charge in [0.15, 0.2) is 11.6 Å². The van der Waals surface area contributed by atoms with Crippen molar-refractivity contribution in [3.63, 3.8) is 0 Å². The van der Waals surface area contributed by atoms with Gasteiger partial charge in [0.2, 0.25) is 5.95 Å². The van der Waals surface area contributed by atoms with Crippen LogP contribution in [0.2, 0.25) is 0 Å². The van der Waals surface area contributed by atoms with E-state index in [2.05, 4.69) is 48.9 Å². The van der Waals surface area contributed by atoms with Gasteiger partial charge in [-0.2, -0.15) is 9.97 Å². The number of hydrogen-bond acceptors (Lipinski definition) is 10. The summed E-state index contributed by atoms with van der Waals surface area (Å²) in [5.74, 6) is 2.17. The summed E-state index contributed by atoms with van der Waals surface area (Å²) in [5.41, 5.74) is 11.2. The second kappa shape index (κ2) is 10.0. The zero-order chi connectivity index (χ0) is 23.4. The molecule has 0 fully saturated rings. The fourth-order valence-corrected chi connectivity index (χ4v) is 3.31. The van der Waals surface area contributed by atoms with E-state index in [-0.39, 0.29) is 24.1 Å². The molecule has 5 N–H and O–H groups in total. The van der Waals surface area contributed by atoms with Crippen LogP contribution in [0, 0.1) is 0 Å². The van der Waals surface area contributed by atoms with Crippen molar-refractivity contribution in [1.29, 1.82) is 0 Å². The number of anilines is 4. The molecule has 0 spiro atoms. The number of benzene rings is 1. The van der Waals surface area contributed by atoms with Crippen LogP contribution in [0.25, 0.3) is 0 Å². The van der Waals surface area contributed by atoms with Gasteiger partial charge in [-0.05, 0) is 52.3 Å². The molecule has 0 bridgehead atoms. The highest BCUT2D eigenvalue weighted by Crippen LogP contribution is 2.40. The summed E-state index contributed by atoms with van der Waals surface area (Å²) >= 11 is 0. The summed E-state index contributed by atoms with van der Waals surface area (Å²) in [6, 6.07) is 7.75. The molecule has 32 heavy (non-hydrogen) atoms. The summed E-state index contributed by atoms with van der Waals surface area (Å²) in [5, 5.41) is 10.8. The number of esters is 1. The minimum Gasteiger partial charge on any atom is -0.427 e. The molecule has 0 aliphatic carbocycles. The second-order valence-electron chi connectivity index (χ2n) is 8.55. The van der Waals surface area contributed by atoms with Gasteiger partial charge in [0.25, 0.3) is 0 Å². The maximum Gasteiger partial charge on any atom is 0.308 e. The smallest absolute Gasteiger partial charge is 0.308 e. The highest BCUT2D eigenvalue weighted by atomic mass is 16.5. The normalized spacial score (nSPS) is 14.0. The molecule has 0 saturated carbocycles. The molecule has 1 aliphatic heterocycles. The van der Waals surface area contributed by atoms with Crippen molar-refractivity contribution in [3.05, 3.63) is 29.8 Å². The first-order valence-corrected chi connectivity index (χ1v) is 10.9. The van der Waals surface area contributed by atoms with Gasteiger partial charge in [0, 0.05) is 38.1 Å². The van der Waals surface area contributed by atoms with Crippen LogP contribution in [0.4, 0.5) is 23.3 Å². The van der Waals surface area contributed by atoms with Crippen LogP contribution in [0.15, 0.2) is 24.3 Å². The number of nitrogens with two attached hydrogens (primary N) is 1. The van der Waals surface area contributed by atoms with Crippen molar-refractivity contribution >= 4 is 29.2 Å². The SMILES string of the molecule is CC(=O)Oc1cccc(CNc2nc(NCC(C)N)nc3c2N(C(C)C)NN3C(C)C)c1. The minimum atomic E-state index is -0.346. The molecule has 10 nitrogen and oxygen atoms in total. The topological polar surface area (TPSA) is 121 Å². The third-order valence-corrected chi connectivity index (χ3v) is 4.79. The number of carbonyl (C=O) groups is 1. The summed E-state index contributed by atoms with van der Waals surface area (Å²) in [4.78, 5) is 20.8.